The molecule has 0 saturated carbocycles. The summed E-state index contributed by atoms with van der Waals surface area (Å²) < 4.78 is 1.05. The molecule has 116 valence electrons. The third kappa shape index (κ3) is 3.17. The van der Waals surface area contributed by atoms with Crippen molar-refractivity contribution in [1.82, 2.24) is 9.88 Å². The van der Waals surface area contributed by atoms with Crippen molar-refractivity contribution in [3.8, 4) is 0 Å². The number of anilines is 1. The standard InChI is InChI=1S/C16H18BrN3OS/c1-2-13-12(17)11-14(22-13)16(21)20-9-7-19(8-10-20)15-5-3-4-6-18-15/h3-6,11H,2,7-10H2,1H3. The van der Waals surface area contributed by atoms with Gasteiger partial charge in [0.25, 0.3) is 5.91 Å². The molecule has 2 aromatic heterocycles. The second kappa shape index (κ2) is 6.79. The van der Waals surface area contributed by atoms with Crippen LogP contribution in [0.2, 0.25) is 0 Å². The van der Waals surface area contributed by atoms with Gasteiger partial charge in [0.15, 0.2) is 0 Å². The van der Waals surface area contributed by atoms with Gasteiger partial charge in [-0.25, -0.2) is 4.98 Å². The molecule has 0 spiro atoms. The Balaban J connectivity index is 1.64. The molecule has 22 heavy (non-hydrogen) atoms. The Kier molecular flexibility index (Phi) is 4.78. The second-order valence-electron chi connectivity index (χ2n) is 5.20. The second-order valence-corrected chi connectivity index (χ2v) is 7.19. The van der Waals surface area contributed by atoms with Crippen molar-refractivity contribution in [2.45, 2.75) is 13.3 Å². The maximum Gasteiger partial charge on any atom is 0.264 e. The summed E-state index contributed by atoms with van der Waals surface area (Å²) in [6.45, 7) is 5.25. The number of hydrogen-bond donors (Lipinski definition) is 0. The summed E-state index contributed by atoms with van der Waals surface area (Å²) >= 11 is 5.13. The Morgan fingerprint density at radius 1 is 1.32 bits per heavy atom. The molecule has 1 aliphatic heterocycles. The lowest BCUT2D eigenvalue weighted by atomic mass is 10.2. The molecule has 1 fully saturated rings. The van der Waals surface area contributed by atoms with Crippen molar-refractivity contribution in [3.63, 3.8) is 0 Å². The van der Waals surface area contributed by atoms with Crippen molar-refractivity contribution in [3.05, 3.63) is 44.7 Å². The fourth-order valence-corrected chi connectivity index (χ4v) is 4.45. The lowest BCUT2D eigenvalue weighted by molar-refractivity contribution is 0.0751. The number of aryl methyl sites for hydroxylation is 1. The van der Waals surface area contributed by atoms with Gasteiger partial charge in [0, 0.05) is 41.7 Å². The van der Waals surface area contributed by atoms with Crippen LogP contribution < -0.4 is 4.90 Å². The molecular formula is C16H18BrN3OS. The zero-order valence-corrected chi connectivity index (χ0v) is 14.9. The summed E-state index contributed by atoms with van der Waals surface area (Å²) in [5.41, 5.74) is 0. The normalized spacial score (nSPS) is 15.2. The first kappa shape index (κ1) is 15.5. The van der Waals surface area contributed by atoms with Crippen molar-refractivity contribution >= 4 is 39.0 Å². The summed E-state index contributed by atoms with van der Waals surface area (Å²) in [7, 11) is 0. The van der Waals surface area contributed by atoms with E-state index in [-0.39, 0.29) is 5.91 Å². The van der Waals surface area contributed by atoms with E-state index in [4.69, 9.17) is 0 Å². The highest BCUT2D eigenvalue weighted by Crippen LogP contribution is 2.29. The zero-order valence-electron chi connectivity index (χ0n) is 12.5. The first-order valence-electron chi connectivity index (χ1n) is 7.42. The van der Waals surface area contributed by atoms with Crippen molar-refractivity contribution in [1.29, 1.82) is 0 Å². The SMILES string of the molecule is CCc1sc(C(=O)N2CCN(c3ccccn3)CC2)cc1Br. The molecule has 6 heteroatoms. The molecule has 2 aromatic rings. The van der Waals surface area contributed by atoms with E-state index in [9.17, 15) is 4.79 Å². The van der Waals surface area contributed by atoms with Crippen LogP contribution >= 0.6 is 27.3 Å². The molecule has 0 bridgehead atoms. The average molecular weight is 380 g/mol. The van der Waals surface area contributed by atoms with Crippen LogP contribution in [-0.4, -0.2) is 42.0 Å². The van der Waals surface area contributed by atoms with E-state index < -0.39 is 0 Å². The number of nitrogens with zero attached hydrogens (tertiary/aromatic N) is 3. The van der Waals surface area contributed by atoms with E-state index in [1.165, 1.54) is 4.88 Å². The largest absolute Gasteiger partial charge is 0.353 e. The van der Waals surface area contributed by atoms with Crippen LogP contribution in [0.4, 0.5) is 5.82 Å². The highest BCUT2D eigenvalue weighted by Gasteiger charge is 2.24. The molecule has 0 aliphatic carbocycles. The van der Waals surface area contributed by atoms with E-state index in [1.54, 1.807) is 11.3 Å². The fourth-order valence-electron chi connectivity index (χ4n) is 2.59. The molecule has 0 unspecified atom stereocenters. The number of pyridine rings is 1. The molecule has 4 nitrogen and oxygen atoms in total. The molecule has 0 aromatic carbocycles. The Morgan fingerprint density at radius 2 is 2.09 bits per heavy atom. The molecular weight excluding hydrogens is 362 g/mol. The van der Waals surface area contributed by atoms with E-state index in [0.29, 0.717) is 0 Å². The molecule has 0 radical (unpaired) electrons. The molecule has 1 aliphatic rings. The zero-order chi connectivity index (χ0) is 15.5. The Morgan fingerprint density at radius 3 is 2.68 bits per heavy atom. The molecule has 1 saturated heterocycles. The van der Waals surface area contributed by atoms with Gasteiger partial charge in [0.2, 0.25) is 0 Å². The predicted octanol–water partition coefficient (Wildman–Crippen LogP) is 3.43. The smallest absolute Gasteiger partial charge is 0.264 e. The summed E-state index contributed by atoms with van der Waals surface area (Å²) in [6, 6.07) is 7.89. The first-order chi connectivity index (χ1) is 10.7. The minimum Gasteiger partial charge on any atom is -0.353 e. The summed E-state index contributed by atoms with van der Waals surface area (Å²) in [4.78, 5) is 23.2. The summed E-state index contributed by atoms with van der Waals surface area (Å²) in [6.07, 6.45) is 2.76. The third-order valence-corrected chi connectivity index (χ3v) is 6.07. The predicted molar refractivity (Wildman–Crippen MR) is 93.8 cm³/mol. The minimum atomic E-state index is 0.145. The highest BCUT2D eigenvalue weighted by molar-refractivity contribution is 9.10. The Labute approximate surface area is 142 Å². The van der Waals surface area contributed by atoms with Gasteiger partial charge in [-0.2, -0.15) is 0 Å². The van der Waals surface area contributed by atoms with Gasteiger partial charge in [0.1, 0.15) is 5.82 Å². The summed E-state index contributed by atoms with van der Waals surface area (Å²) in [5.74, 6) is 1.13. The van der Waals surface area contributed by atoms with Crippen LogP contribution in [-0.2, 0) is 6.42 Å². The van der Waals surface area contributed by atoms with Gasteiger partial charge in [-0.05, 0) is 40.5 Å². The number of halogens is 1. The van der Waals surface area contributed by atoms with Gasteiger partial charge < -0.3 is 9.80 Å². The van der Waals surface area contributed by atoms with Gasteiger partial charge in [-0.15, -0.1) is 11.3 Å². The van der Waals surface area contributed by atoms with Crippen LogP contribution in [0.1, 0.15) is 21.5 Å². The average Bonchev–Trinajstić information content (AvgIpc) is 2.96. The lowest BCUT2D eigenvalue weighted by Gasteiger charge is -2.35. The molecule has 0 N–H and O–H groups in total. The topological polar surface area (TPSA) is 36.4 Å². The molecule has 1 amide bonds. The van der Waals surface area contributed by atoms with Crippen LogP contribution in [0, 0.1) is 0 Å². The van der Waals surface area contributed by atoms with Crippen LogP contribution in [0.3, 0.4) is 0 Å². The van der Waals surface area contributed by atoms with Gasteiger partial charge >= 0.3 is 0 Å². The summed E-state index contributed by atoms with van der Waals surface area (Å²) in [5, 5.41) is 0. The molecule has 3 rings (SSSR count). The number of amides is 1. The number of carbonyl (C=O) groups excluding carboxylic acids is 1. The quantitative estimate of drug-likeness (QED) is 0.819. The number of piperazine rings is 1. The maximum atomic E-state index is 12.6. The Hall–Kier alpha value is -1.40. The van der Waals surface area contributed by atoms with Gasteiger partial charge in [0.05, 0.1) is 4.88 Å². The third-order valence-electron chi connectivity index (χ3n) is 3.83. The van der Waals surface area contributed by atoms with Crippen molar-refractivity contribution in [2.75, 3.05) is 31.1 Å². The minimum absolute atomic E-state index is 0.145. The van der Waals surface area contributed by atoms with E-state index in [2.05, 4.69) is 32.7 Å². The highest BCUT2D eigenvalue weighted by atomic mass is 79.9. The van der Waals surface area contributed by atoms with Gasteiger partial charge in [-0.1, -0.05) is 13.0 Å². The van der Waals surface area contributed by atoms with Crippen LogP contribution in [0.5, 0.6) is 0 Å². The van der Waals surface area contributed by atoms with E-state index in [0.717, 1.165) is 47.8 Å². The molecule has 3 heterocycles. The number of aromatic nitrogens is 1. The van der Waals surface area contributed by atoms with E-state index in [1.807, 2.05) is 35.4 Å². The molecule has 0 atom stereocenters. The monoisotopic (exact) mass is 379 g/mol. The first-order valence-corrected chi connectivity index (χ1v) is 9.03. The van der Waals surface area contributed by atoms with Gasteiger partial charge in [-0.3, -0.25) is 4.79 Å². The number of thiophene rings is 1. The Bertz CT molecular complexity index is 651. The maximum absolute atomic E-state index is 12.6. The van der Waals surface area contributed by atoms with Crippen molar-refractivity contribution in [2.24, 2.45) is 0 Å². The van der Waals surface area contributed by atoms with Crippen molar-refractivity contribution < 1.29 is 4.79 Å². The van der Waals surface area contributed by atoms with Crippen LogP contribution in [0.15, 0.2) is 34.9 Å². The number of hydrogen-bond acceptors (Lipinski definition) is 4. The van der Waals surface area contributed by atoms with Crippen LogP contribution in [0.25, 0.3) is 0 Å². The van der Waals surface area contributed by atoms with E-state index >= 15 is 0 Å². The fraction of sp³-hybridized carbons (Fsp3) is 0.375. The number of carbonyl (C=O) groups is 1. The number of rotatable bonds is 3. The lowest BCUT2D eigenvalue weighted by Crippen LogP contribution is -2.48.